The number of thioether (sulfide) groups is 1. The Morgan fingerprint density at radius 1 is 1.38 bits per heavy atom. The fraction of sp³-hybridized carbons (Fsp3) is 0.800. The van der Waals surface area contributed by atoms with Crippen LogP contribution < -0.4 is 0 Å². The Labute approximate surface area is 131 Å². The summed E-state index contributed by atoms with van der Waals surface area (Å²) in [6, 6.07) is 0. The average molecular weight is 313 g/mol. The lowest BCUT2D eigenvalue weighted by Crippen LogP contribution is -2.15. The molecule has 0 saturated heterocycles. The summed E-state index contributed by atoms with van der Waals surface area (Å²) in [6.45, 7) is 11.9. The van der Waals surface area contributed by atoms with Gasteiger partial charge in [-0.15, -0.1) is 10.2 Å². The van der Waals surface area contributed by atoms with Gasteiger partial charge in [0, 0.05) is 13.0 Å². The zero-order chi connectivity index (χ0) is 16.0. The number of hydrogen-bond acceptors (Lipinski definition) is 4. The van der Waals surface area contributed by atoms with Crippen LogP contribution in [0.25, 0.3) is 0 Å². The summed E-state index contributed by atoms with van der Waals surface area (Å²) in [4.78, 5) is 10.7. The Kier molecular flexibility index (Phi) is 6.71. The van der Waals surface area contributed by atoms with E-state index in [4.69, 9.17) is 5.11 Å². The molecule has 0 fully saturated rings. The van der Waals surface area contributed by atoms with Crippen LogP contribution in [0.15, 0.2) is 5.16 Å². The van der Waals surface area contributed by atoms with E-state index in [1.165, 1.54) is 11.8 Å². The molecule has 1 aromatic heterocycles. The first-order chi connectivity index (χ1) is 9.73. The van der Waals surface area contributed by atoms with Gasteiger partial charge >= 0.3 is 5.97 Å². The third-order valence-electron chi connectivity index (χ3n) is 3.06. The number of nitrogens with zero attached hydrogens (tertiary/aromatic N) is 3. The van der Waals surface area contributed by atoms with Gasteiger partial charge in [0.2, 0.25) is 0 Å². The fourth-order valence-electron chi connectivity index (χ4n) is 2.58. The van der Waals surface area contributed by atoms with Crippen molar-refractivity contribution in [3.63, 3.8) is 0 Å². The third-order valence-corrected chi connectivity index (χ3v) is 4.01. The first kappa shape index (κ1) is 18.0. The highest BCUT2D eigenvalue weighted by atomic mass is 32.2. The smallest absolute Gasteiger partial charge is 0.313 e. The Hall–Kier alpha value is -1.04. The summed E-state index contributed by atoms with van der Waals surface area (Å²) in [7, 11) is 0. The largest absolute Gasteiger partial charge is 0.481 e. The van der Waals surface area contributed by atoms with E-state index in [-0.39, 0.29) is 5.75 Å². The van der Waals surface area contributed by atoms with Crippen molar-refractivity contribution in [2.75, 3.05) is 5.75 Å². The van der Waals surface area contributed by atoms with Gasteiger partial charge in [0.05, 0.1) is 5.75 Å². The van der Waals surface area contributed by atoms with Gasteiger partial charge in [-0.2, -0.15) is 0 Å². The zero-order valence-electron chi connectivity index (χ0n) is 13.7. The van der Waals surface area contributed by atoms with Crippen molar-refractivity contribution in [2.45, 2.75) is 65.6 Å². The van der Waals surface area contributed by atoms with Gasteiger partial charge in [0.1, 0.15) is 5.82 Å². The van der Waals surface area contributed by atoms with Crippen LogP contribution in [0.2, 0.25) is 0 Å². The van der Waals surface area contributed by atoms with E-state index in [1.807, 2.05) is 0 Å². The maximum atomic E-state index is 10.7. The molecule has 0 radical (unpaired) electrons. The van der Waals surface area contributed by atoms with E-state index in [0.717, 1.165) is 36.8 Å². The highest BCUT2D eigenvalue weighted by Crippen LogP contribution is 2.27. The number of aromatic nitrogens is 3. The van der Waals surface area contributed by atoms with Crippen molar-refractivity contribution in [1.29, 1.82) is 0 Å². The van der Waals surface area contributed by atoms with Crippen LogP contribution in [0, 0.1) is 11.3 Å². The summed E-state index contributed by atoms with van der Waals surface area (Å²) in [6.07, 6.45) is 3.00. The predicted molar refractivity (Wildman–Crippen MR) is 85.6 cm³/mol. The van der Waals surface area contributed by atoms with Crippen molar-refractivity contribution in [3.8, 4) is 0 Å². The summed E-state index contributed by atoms with van der Waals surface area (Å²) < 4.78 is 2.08. The van der Waals surface area contributed by atoms with Gasteiger partial charge in [0.15, 0.2) is 5.16 Å². The summed E-state index contributed by atoms with van der Waals surface area (Å²) in [5.74, 6) is 0.705. The molecule has 120 valence electrons. The van der Waals surface area contributed by atoms with Crippen molar-refractivity contribution in [1.82, 2.24) is 14.8 Å². The first-order valence-electron chi connectivity index (χ1n) is 7.49. The Balaban J connectivity index is 2.79. The lowest BCUT2D eigenvalue weighted by Gasteiger charge is -2.23. The van der Waals surface area contributed by atoms with E-state index in [9.17, 15) is 4.79 Å². The molecule has 0 aliphatic heterocycles. The van der Waals surface area contributed by atoms with E-state index < -0.39 is 5.97 Å². The molecule has 1 heterocycles. The zero-order valence-corrected chi connectivity index (χ0v) is 14.5. The molecule has 0 bridgehead atoms. The molecule has 0 aliphatic carbocycles. The second kappa shape index (κ2) is 7.82. The van der Waals surface area contributed by atoms with E-state index in [1.54, 1.807) is 0 Å². The third kappa shape index (κ3) is 6.50. The van der Waals surface area contributed by atoms with Crippen LogP contribution >= 0.6 is 11.8 Å². The number of carboxylic acids is 1. The fourth-order valence-corrected chi connectivity index (χ4v) is 3.28. The molecule has 1 N–H and O–H groups in total. The normalized spacial score (nSPS) is 13.4. The molecule has 0 aliphatic rings. The minimum Gasteiger partial charge on any atom is -0.481 e. The van der Waals surface area contributed by atoms with Gasteiger partial charge in [-0.1, -0.05) is 46.4 Å². The number of aliphatic carboxylic acids is 1. The monoisotopic (exact) mass is 313 g/mol. The number of carbonyl (C=O) groups is 1. The summed E-state index contributed by atoms with van der Waals surface area (Å²) >= 11 is 1.25. The molecule has 6 heteroatoms. The standard InChI is InChI=1S/C15H27N3O2S/c1-6-7-18-12(8-11(2)9-15(3,4)5)16-17-14(18)21-10-13(19)20/h11H,6-10H2,1-5H3,(H,19,20). The summed E-state index contributed by atoms with van der Waals surface area (Å²) in [5, 5.41) is 18.0. The minimum absolute atomic E-state index is 0.0272. The van der Waals surface area contributed by atoms with Crippen LogP contribution in [-0.2, 0) is 17.8 Å². The molecular weight excluding hydrogens is 286 g/mol. The van der Waals surface area contributed by atoms with E-state index in [0.29, 0.717) is 11.3 Å². The Bertz CT molecular complexity index is 466. The molecule has 0 spiro atoms. The van der Waals surface area contributed by atoms with Gasteiger partial charge < -0.3 is 9.67 Å². The second-order valence-corrected chi connectivity index (χ2v) is 7.75. The van der Waals surface area contributed by atoms with Crippen LogP contribution in [-0.4, -0.2) is 31.6 Å². The van der Waals surface area contributed by atoms with Crippen molar-refractivity contribution in [3.05, 3.63) is 5.82 Å². The van der Waals surface area contributed by atoms with E-state index >= 15 is 0 Å². The molecule has 0 aromatic carbocycles. The molecule has 0 amide bonds. The highest BCUT2D eigenvalue weighted by Gasteiger charge is 2.19. The molecule has 1 rings (SSSR count). The van der Waals surface area contributed by atoms with Crippen LogP contribution in [0.1, 0.15) is 53.3 Å². The molecular formula is C15H27N3O2S. The molecule has 1 unspecified atom stereocenters. The van der Waals surface area contributed by atoms with Crippen molar-refractivity contribution >= 4 is 17.7 Å². The minimum atomic E-state index is -0.825. The maximum Gasteiger partial charge on any atom is 0.313 e. The molecule has 5 nitrogen and oxygen atoms in total. The second-order valence-electron chi connectivity index (χ2n) is 6.81. The number of carboxylic acid groups (broad SMARTS) is 1. The average Bonchev–Trinajstić information content (AvgIpc) is 2.67. The van der Waals surface area contributed by atoms with Gasteiger partial charge in [-0.25, -0.2) is 0 Å². The Morgan fingerprint density at radius 2 is 2.05 bits per heavy atom. The van der Waals surface area contributed by atoms with Crippen molar-refractivity contribution < 1.29 is 9.90 Å². The topological polar surface area (TPSA) is 68.0 Å². The van der Waals surface area contributed by atoms with Crippen LogP contribution in [0.5, 0.6) is 0 Å². The van der Waals surface area contributed by atoms with Gasteiger partial charge in [0.25, 0.3) is 0 Å². The Morgan fingerprint density at radius 3 is 2.57 bits per heavy atom. The van der Waals surface area contributed by atoms with Gasteiger partial charge in [-0.05, 0) is 24.2 Å². The molecule has 1 atom stereocenters. The van der Waals surface area contributed by atoms with Crippen LogP contribution in [0.3, 0.4) is 0 Å². The highest BCUT2D eigenvalue weighted by molar-refractivity contribution is 7.99. The predicted octanol–water partition coefficient (Wildman–Crippen LogP) is 3.48. The summed E-state index contributed by atoms with van der Waals surface area (Å²) in [5.41, 5.74) is 0.301. The van der Waals surface area contributed by atoms with Gasteiger partial charge in [-0.3, -0.25) is 4.79 Å². The van der Waals surface area contributed by atoms with E-state index in [2.05, 4.69) is 49.4 Å². The number of rotatable bonds is 8. The maximum absolute atomic E-state index is 10.7. The van der Waals surface area contributed by atoms with Crippen LogP contribution in [0.4, 0.5) is 0 Å². The SMILES string of the molecule is CCCn1c(CC(C)CC(C)(C)C)nnc1SCC(=O)O. The van der Waals surface area contributed by atoms with Crippen molar-refractivity contribution in [2.24, 2.45) is 11.3 Å². The lowest BCUT2D eigenvalue weighted by atomic mass is 9.84. The quantitative estimate of drug-likeness (QED) is 0.744. The molecule has 1 aromatic rings. The first-order valence-corrected chi connectivity index (χ1v) is 8.48. The molecule has 21 heavy (non-hydrogen) atoms. The number of hydrogen-bond donors (Lipinski definition) is 1. The molecule has 0 saturated carbocycles. The lowest BCUT2D eigenvalue weighted by molar-refractivity contribution is -0.133.